The molecular formula is C19H21FN2O2S. The Kier molecular flexibility index (Phi) is 5.18. The first-order valence-corrected chi connectivity index (χ1v) is 9.16. The number of anilines is 1. The molecule has 1 heterocycles. The summed E-state index contributed by atoms with van der Waals surface area (Å²) in [7, 11) is 1.62. The van der Waals surface area contributed by atoms with Gasteiger partial charge in [-0.2, -0.15) is 0 Å². The van der Waals surface area contributed by atoms with E-state index >= 15 is 0 Å². The Morgan fingerprint density at radius 1 is 1.32 bits per heavy atom. The second kappa shape index (κ2) is 7.35. The molecule has 25 heavy (non-hydrogen) atoms. The van der Waals surface area contributed by atoms with Crippen LogP contribution < -0.4 is 5.32 Å². The molecule has 6 heteroatoms. The Morgan fingerprint density at radius 3 is 2.76 bits per heavy atom. The predicted molar refractivity (Wildman–Crippen MR) is 97.5 cm³/mol. The lowest BCUT2D eigenvalue weighted by Crippen LogP contribution is -2.34. The monoisotopic (exact) mass is 360 g/mol. The molecule has 0 unspecified atom stereocenters. The Labute approximate surface area is 150 Å². The van der Waals surface area contributed by atoms with Gasteiger partial charge in [-0.3, -0.25) is 9.59 Å². The Bertz CT molecular complexity index is 785. The van der Waals surface area contributed by atoms with Crippen LogP contribution in [0, 0.1) is 11.7 Å². The number of benzene rings is 1. The fourth-order valence-electron chi connectivity index (χ4n) is 3.02. The molecule has 1 aromatic carbocycles. The van der Waals surface area contributed by atoms with Crippen LogP contribution in [0.4, 0.5) is 10.1 Å². The van der Waals surface area contributed by atoms with Crippen LogP contribution in [-0.4, -0.2) is 30.3 Å². The van der Waals surface area contributed by atoms with Gasteiger partial charge in [0.25, 0.3) is 5.91 Å². The fraction of sp³-hybridized carbons (Fsp3) is 0.368. The zero-order chi connectivity index (χ0) is 18.0. The van der Waals surface area contributed by atoms with E-state index in [1.165, 1.54) is 39.6 Å². The molecule has 1 aromatic heterocycles. The molecule has 0 radical (unpaired) electrons. The van der Waals surface area contributed by atoms with Gasteiger partial charge in [0.1, 0.15) is 5.82 Å². The molecule has 0 saturated heterocycles. The number of likely N-dealkylation sites (N-methyl/N-ethyl adjacent to an activating group) is 1. The summed E-state index contributed by atoms with van der Waals surface area (Å²) in [6.45, 7) is 2.18. The maximum Gasteiger partial charge on any atom is 0.264 e. The third-order valence-corrected chi connectivity index (χ3v) is 5.62. The van der Waals surface area contributed by atoms with Gasteiger partial charge < -0.3 is 10.2 Å². The summed E-state index contributed by atoms with van der Waals surface area (Å²) in [4.78, 5) is 28.1. The lowest BCUT2D eigenvalue weighted by Gasteiger charge is -2.16. The van der Waals surface area contributed by atoms with Crippen LogP contribution in [0.25, 0.3) is 0 Å². The van der Waals surface area contributed by atoms with Crippen molar-refractivity contribution in [3.63, 3.8) is 0 Å². The number of rotatable bonds is 4. The minimum atomic E-state index is -0.360. The summed E-state index contributed by atoms with van der Waals surface area (Å²) >= 11 is 1.54. The van der Waals surface area contributed by atoms with E-state index in [4.69, 9.17) is 0 Å². The van der Waals surface area contributed by atoms with Crippen molar-refractivity contribution in [2.24, 2.45) is 5.92 Å². The molecule has 0 spiro atoms. The second-order valence-corrected chi connectivity index (χ2v) is 7.76. The van der Waals surface area contributed by atoms with Crippen molar-refractivity contribution in [2.75, 3.05) is 18.9 Å². The van der Waals surface area contributed by atoms with E-state index in [1.807, 2.05) is 6.07 Å². The molecule has 0 bridgehead atoms. The lowest BCUT2D eigenvalue weighted by atomic mass is 9.90. The van der Waals surface area contributed by atoms with E-state index in [0.717, 1.165) is 19.3 Å². The van der Waals surface area contributed by atoms with Crippen LogP contribution in [0.3, 0.4) is 0 Å². The third kappa shape index (κ3) is 4.25. The second-order valence-electron chi connectivity index (χ2n) is 6.62. The number of aryl methyl sites for hydroxylation is 1. The van der Waals surface area contributed by atoms with Crippen LogP contribution >= 0.6 is 11.3 Å². The van der Waals surface area contributed by atoms with Gasteiger partial charge in [-0.25, -0.2) is 4.39 Å². The molecule has 0 saturated carbocycles. The number of halogens is 1. The van der Waals surface area contributed by atoms with Gasteiger partial charge >= 0.3 is 0 Å². The molecule has 1 atom stereocenters. The molecule has 0 aliphatic heterocycles. The van der Waals surface area contributed by atoms with Crippen molar-refractivity contribution in [1.82, 2.24) is 4.90 Å². The summed E-state index contributed by atoms with van der Waals surface area (Å²) in [6, 6.07) is 7.52. The molecule has 3 rings (SSSR count). The number of hydrogen-bond acceptors (Lipinski definition) is 3. The number of nitrogens with zero attached hydrogens (tertiary/aromatic N) is 1. The van der Waals surface area contributed by atoms with Crippen LogP contribution in [0.2, 0.25) is 0 Å². The molecule has 2 aromatic rings. The van der Waals surface area contributed by atoms with Gasteiger partial charge in [0.15, 0.2) is 0 Å². The molecule has 4 nitrogen and oxygen atoms in total. The maximum atomic E-state index is 12.9. The van der Waals surface area contributed by atoms with E-state index in [1.54, 1.807) is 18.4 Å². The highest BCUT2D eigenvalue weighted by atomic mass is 32.1. The largest absolute Gasteiger partial charge is 0.332 e. The van der Waals surface area contributed by atoms with Crippen molar-refractivity contribution < 1.29 is 14.0 Å². The topological polar surface area (TPSA) is 49.4 Å². The molecule has 0 fully saturated rings. The Hall–Kier alpha value is -2.21. The molecule has 1 N–H and O–H groups in total. The normalized spacial score (nSPS) is 16.2. The number of carbonyl (C=O) groups excluding carboxylic acids is 2. The molecule has 132 valence electrons. The Morgan fingerprint density at radius 2 is 2.04 bits per heavy atom. The first-order valence-electron chi connectivity index (χ1n) is 8.35. The van der Waals surface area contributed by atoms with Gasteiger partial charge in [0.2, 0.25) is 5.91 Å². The van der Waals surface area contributed by atoms with Gasteiger partial charge in [0, 0.05) is 17.6 Å². The number of amides is 2. The molecule has 2 amide bonds. The quantitative estimate of drug-likeness (QED) is 0.903. The first-order chi connectivity index (χ1) is 11.9. The summed E-state index contributed by atoms with van der Waals surface area (Å²) < 4.78 is 12.9. The fourth-order valence-corrected chi connectivity index (χ4v) is 4.22. The molecule has 1 aliphatic rings. The van der Waals surface area contributed by atoms with E-state index in [2.05, 4.69) is 12.2 Å². The van der Waals surface area contributed by atoms with Crippen molar-refractivity contribution in [3.8, 4) is 0 Å². The Balaban J connectivity index is 1.60. The van der Waals surface area contributed by atoms with Crippen molar-refractivity contribution in [3.05, 3.63) is 51.5 Å². The summed E-state index contributed by atoms with van der Waals surface area (Å²) in [5.74, 6) is -0.149. The average molecular weight is 360 g/mol. The number of hydrogen-bond donors (Lipinski definition) is 1. The molecular weight excluding hydrogens is 339 g/mol. The van der Waals surface area contributed by atoms with Gasteiger partial charge in [-0.15, -0.1) is 11.3 Å². The number of fused-ring (bicyclic) bond motifs is 1. The smallest absolute Gasteiger partial charge is 0.264 e. The first kappa shape index (κ1) is 17.6. The molecule has 1 aliphatic carbocycles. The van der Waals surface area contributed by atoms with Crippen LogP contribution in [-0.2, 0) is 17.6 Å². The third-order valence-electron chi connectivity index (χ3n) is 4.40. The van der Waals surface area contributed by atoms with Gasteiger partial charge in [0.05, 0.1) is 11.4 Å². The van der Waals surface area contributed by atoms with Crippen LogP contribution in [0.5, 0.6) is 0 Å². The summed E-state index contributed by atoms with van der Waals surface area (Å²) in [5.41, 5.74) is 1.78. The highest BCUT2D eigenvalue weighted by Gasteiger charge is 2.23. The summed E-state index contributed by atoms with van der Waals surface area (Å²) in [6.07, 6.45) is 3.22. The number of carbonyl (C=O) groups is 2. The van der Waals surface area contributed by atoms with E-state index in [-0.39, 0.29) is 24.2 Å². The number of nitrogens with one attached hydrogen (secondary N) is 1. The van der Waals surface area contributed by atoms with E-state index in [9.17, 15) is 14.0 Å². The SMILES string of the molecule is C[C@H]1CCc2sc(C(=O)N(C)CC(=O)Nc3ccc(F)cc3)cc2C1. The highest BCUT2D eigenvalue weighted by molar-refractivity contribution is 7.14. The minimum Gasteiger partial charge on any atom is -0.332 e. The number of thiophene rings is 1. The summed E-state index contributed by atoms with van der Waals surface area (Å²) in [5, 5.41) is 2.67. The average Bonchev–Trinajstić information content (AvgIpc) is 2.99. The van der Waals surface area contributed by atoms with Crippen LogP contribution in [0.15, 0.2) is 30.3 Å². The van der Waals surface area contributed by atoms with Crippen molar-refractivity contribution in [1.29, 1.82) is 0 Å². The van der Waals surface area contributed by atoms with Crippen molar-refractivity contribution >= 4 is 28.8 Å². The maximum absolute atomic E-state index is 12.9. The minimum absolute atomic E-state index is 0.0464. The van der Waals surface area contributed by atoms with Crippen molar-refractivity contribution in [2.45, 2.75) is 26.2 Å². The van der Waals surface area contributed by atoms with E-state index < -0.39 is 0 Å². The predicted octanol–water partition coefficient (Wildman–Crippen LogP) is 3.72. The lowest BCUT2D eigenvalue weighted by molar-refractivity contribution is -0.116. The van der Waals surface area contributed by atoms with E-state index in [0.29, 0.717) is 16.5 Å². The van der Waals surface area contributed by atoms with Gasteiger partial charge in [-0.05, 0) is 61.1 Å². The zero-order valence-corrected chi connectivity index (χ0v) is 15.2. The highest BCUT2D eigenvalue weighted by Crippen LogP contribution is 2.32. The van der Waals surface area contributed by atoms with Crippen LogP contribution in [0.1, 0.15) is 33.5 Å². The standard InChI is InChI=1S/C19H21FN2O2S/c1-12-3-8-16-13(9-12)10-17(25-16)19(24)22(2)11-18(23)21-15-6-4-14(20)5-7-15/h4-7,10,12H,3,8-9,11H2,1-2H3,(H,21,23)/t12-/m0/s1. The van der Waals surface area contributed by atoms with Gasteiger partial charge in [-0.1, -0.05) is 6.92 Å². The zero-order valence-electron chi connectivity index (χ0n) is 14.3.